The molecule has 3 aromatic rings. The first-order valence-corrected chi connectivity index (χ1v) is 14.2. The van der Waals surface area contributed by atoms with E-state index < -0.39 is 17.6 Å². The minimum Gasteiger partial charge on any atom is -0.354 e. The van der Waals surface area contributed by atoms with Crippen LogP contribution in [-0.2, 0) is 22.4 Å². The van der Waals surface area contributed by atoms with Crippen LogP contribution in [0.4, 0.5) is 0 Å². The van der Waals surface area contributed by atoms with Gasteiger partial charge in [-0.15, -0.1) is 0 Å². The molecule has 6 heteroatoms. The van der Waals surface area contributed by atoms with E-state index in [0.717, 1.165) is 24.0 Å². The Morgan fingerprint density at radius 1 is 0.750 bits per heavy atom. The van der Waals surface area contributed by atoms with Crippen LogP contribution in [-0.4, -0.2) is 46.8 Å². The molecule has 0 saturated carbocycles. The van der Waals surface area contributed by atoms with Gasteiger partial charge >= 0.3 is 0 Å². The van der Waals surface area contributed by atoms with Crippen molar-refractivity contribution in [1.82, 2.24) is 15.5 Å². The van der Waals surface area contributed by atoms with Gasteiger partial charge in [-0.2, -0.15) is 0 Å². The Hall–Kier alpha value is -3.93. The Bertz CT molecular complexity index is 1210. The number of unbranched alkanes of at least 4 members (excludes halogenated alkanes) is 1. The summed E-state index contributed by atoms with van der Waals surface area (Å²) >= 11 is 0. The number of carbonyl (C=O) groups is 3. The molecule has 40 heavy (non-hydrogen) atoms. The summed E-state index contributed by atoms with van der Waals surface area (Å²) in [6, 6.07) is 26.8. The molecule has 0 aliphatic heterocycles. The van der Waals surface area contributed by atoms with E-state index in [1.165, 1.54) is 4.90 Å². The van der Waals surface area contributed by atoms with Crippen molar-refractivity contribution in [3.63, 3.8) is 0 Å². The Kier molecular flexibility index (Phi) is 11.5. The average Bonchev–Trinajstić information content (AvgIpc) is 2.94. The van der Waals surface area contributed by atoms with Crippen LogP contribution in [0.15, 0.2) is 91.0 Å². The fraction of sp³-hybridized carbons (Fsp3) is 0.382. The third kappa shape index (κ3) is 9.37. The molecule has 0 aliphatic carbocycles. The maximum atomic E-state index is 14.3. The van der Waals surface area contributed by atoms with Crippen LogP contribution < -0.4 is 10.6 Å². The molecule has 2 unspecified atom stereocenters. The standard InChI is InChI=1S/C34H43N3O3/c1-5-6-24-35-31(38)30(25-27-18-12-8-13-19-27)37(33(40)28-20-14-9-15-21-28)29(32(39)36-34(2,3)4)23-22-26-16-10-7-11-17-26/h7-21,29-30H,5-6,22-25H2,1-4H3,(H,35,38)(H,36,39). The predicted octanol–water partition coefficient (Wildman–Crippen LogP) is 5.57. The van der Waals surface area contributed by atoms with Crippen LogP contribution in [0.5, 0.6) is 0 Å². The number of aryl methyl sites for hydroxylation is 1. The van der Waals surface area contributed by atoms with Crippen LogP contribution in [0.25, 0.3) is 0 Å². The molecule has 0 saturated heterocycles. The van der Waals surface area contributed by atoms with Gasteiger partial charge in [0, 0.05) is 24.1 Å². The molecule has 3 rings (SSSR count). The van der Waals surface area contributed by atoms with Gasteiger partial charge in [0.2, 0.25) is 11.8 Å². The summed E-state index contributed by atoms with van der Waals surface area (Å²) in [4.78, 5) is 43.6. The first-order valence-electron chi connectivity index (χ1n) is 14.2. The van der Waals surface area contributed by atoms with E-state index >= 15 is 0 Å². The molecule has 0 heterocycles. The van der Waals surface area contributed by atoms with Crippen molar-refractivity contribution in [3.05, 3.63) is 108 Å². The number of carbonyl (C=O) groups excluding carboxylic acids is 3. The zero-order valence-corrected chi connectivity index (χ0v) is 24.2. The van der Waals surface area contributed by atoms with E-state index in [1.807, 2.05) is 87.5 Å². The summed E-state index contributed by atoms with van der Waals surface area (Å²) in [6.07, 6.45) is 3.01. The Labute approximate surface area is 239 Å². The molecule has 0 radical (unpaired) electrons. The molecular formula is C34H43N3O3. The number of amides is 3. The van der Waals surface area contributed by atoms with Crippen LogP contribution in [0, 0.1) is 0 Å². The number of benzene rings is 3. The zero-order chi connectivity index (χ0) is 29.0. The maximum Gasteiger partial charge on any atom is 0.255 e. The van der Waals surface area contributed by atoms with Gasteiger partial charge in [0.1, 0.15) is 12.1 Å². The lowest BCUT2D eigenvalue weighted by Gasteiger charge is -2.38. The van der Waals surface area contributed by atoms with Gasteiger partial charge in [0.25, 0.3) is 5.91 Å². The second-order valence-electron chi connectivity index (χ2n) is 11.2. The van der Waals surface area contributed by atoms with Gasteiger partial charge in [-0.1, -0.05) is 92.2 Å². The van der Waals surface area contributed by atoms with E-state index in [9.17, 15) is 14.4 Å². The molecule has 0 aromatic heterocycles. The molecule has 3 aromatic carbocycles. The molecule has 0 bridgehead atoms. The van der Waals surface area contributed by atoms with Gasteiger partial charge in [0.05, 0.1) is 0 Å². The summed E-state index contributed by atoms with van der Waals surface area (Å²) in [6.45, 7) is 8.33. The quantitative estimate of drug-likeness (QED) is 0.278. The van der Waals surface area contributed by atoms with E-state index in [0.29, 0.717) is 31.4 Å². The van der Waals surface area contributed by atoms with E-state index in [2.05, 4.69) is 17.6 Å². The van der Waals surface area contributed by atoms with Gasteiger partial charge in [-0.05, 0) is 63.3 Å². The van der Waals surface area contributed by atoms with Crippen LogP contribution >= 0.6 is 0 Å². The molecule has 2 N–H and O–H groups in total. The SMILES string of the molecule is CCCCNC(=O)C(Cc1ccccc1)N(C(=O)c1ccccc1)C(CCc1ccccc1)C(=O)NC(C)(C)C. The fourth-order valence-electron chi connectivity index (χ4n) is 4.69. The summed E-state index contributed by atoms with van der Waals surface area (Å²) < 4.78 is 0. The third-order valence-electron chi connectivity index (χ3n) is 6.68. The Morgan fingerprint density at radius 3 is 1.85 bits per heavy atom. The first kappa shape index (κ1) is 30.6. The van der Waals surface area contributed by atoms with Gasteiger partial charge in [-0.3, -0.25) is 14.4 Å². The van der Waals surface area contributed by atoms with Crippen LogP contribution in [0.2, 0.25) is 0 Å². The van der Waals surface area contributed by atoms with Crippen LogP contribution in [0.3, 0.4) is 0 Å². The molecule has 212 valence electrons. The topological polar surface area (TPSA) is 78.5 Å². The van der Waals surface area contributed by atoms with Crippen molar-refractivity contribution < 1.29 is 14.4 Å². The molecular weight excluding hydrogens is 498 g/mol. The summed E-state index contributed by atoms with van der Waals surface area (Å²) in [5, 5.41) is 6.13. The van der Waals surface area contributed by atoms with E-state index in [1.54, 1.807) is 24.3 Å². The second kappa shape index (κ2) is 15.0. The summed E-state index contributed by atoms with van der Waals surface area (Å²) in [5.41, 5.74) is 1.91. The lowest BCUT2D eigenvalue weighted by atomic mass is 9.96. The maximum absolute atomic E-state index is 14.3. The fourth-order valence-corrected chi connectivity index (χ4v) is 4.69. The summed E-state index contributed by atoms with van der Waals surface area (Å²) in [5.74, 6) is -0.865. The number of nitrogens with one attached hydrogen (secondary N) is 2. The molecule has 0 fully saturated rings. The molecule has 0 spiro atoms. The minimum atomic E-state index is -0.876. The predicted molar refractivity (Wildman–Crippen MR) is 161 cm³/mol. The van der Waals surface area contributed by atoms with Gasteiger partial charge in [0.15, 0.2) is 0 Å². The van der Waals surface area contributed by atoms with Crippen molar-refractivity contribution >= 4 is 17.7 Å². The number of hydrogen-bond acceptors (Lipinski definition) is 3. The largest absolute Gasteiger partial charge is 0.354 e. The molecule has 0 aliphatic rings. The summed E-state index contributed by atoms with van der Waals surface area (Å²) in [7, 11) is 0. The monoisotopic (exact) mass is 541 g/mol. The molecule has 2 atom stereocenters. The van der Waals surface area contributed by atoms with E-state index in [4.69, 9.17) is 0 Å². The second-order valence-corrected chi connectivity index (χ2v) is 11.2. The number of nitrogens with zero attached hydrogens (tertiary/aromatic N) is 1. The number of rotatable bonds is 13. The van der Waals surface area contributed by atoms with Crippen molar-refractivity contribution in [2.45, 2.75) is 77.4 Å². The highest BCUT2D eigenvalue weighted by atomic mass is 16.2. The zero-order valence-electron chi connectivity index (χ0n) is 24.2. The van der Waals surface area contributed by atoms with Gasteiger partial charge in [-0.25, -0.2) is 0 Å². The molecule has 3 amide bonds. The van der Waals surface area contributed by atoms with Crippen molar-refractivity contribution in [3.8, 4) is 0 Å². The first-order chi connectivity index (χ1) is 19.2. The minimum absolute atomic E-state index is 0.255. The highest BCUT2D eigenvalue weighted by Crippen LogP contribution is 2.22. The molecule has 6 nitrogen and oxygen atoms in total. The third-order valence-corrected chi connectivity index (χ3v) is 6.68. The van der Waals surface area contributed by atoms with Crippen molar-refractivity contribution in [2.75, 3.05) is 6.54 Å². The number of hydrogen-bond donors (Lipinski definition) is 2. The van der Waals surface area contributed by atoms with E-state index in [-0.39, 0.29) is 17.7 Å². The normalized spacial score (nSPS) is 12.7. The van der Waals surface area contributed by atoms with Gasteiger partial charge < -0.3 is 15.5 Å². The Balaban J connectivity index is 2.11. The lowest BCUT2D eigenvalue weighted by molar-refractivity contribution is -0.132. The Morgan fingerprint density at radius 2 is 1.30 bits per heavy atom. The van der Waals surface area contributed by atoms with Crippen molar-refractivity contribution in [2.24, 2.45) is 0 Å². The highest BCUT2D eigenvalue weighted by molar-refractivity contribution is 6.00. The lowest BCUT2D eigenvalue weighted by Crippen LogP contribution is -2.60. The highest BCUT2D eigenvalue weighted by Gasteiger charge is 2.39. The smallest absolute Gasteiger partial charge is 0.255 e. The average molecular weight is 542 g/mol. The van der Waals surface area contributed by atoms with Crippen LogP contribution in [0.1, 0.15) is 68.4 Å². The van der Waals surface area contributed by atoms with Crippen molar-refractivity contribution in [1.29, 1.82) is 0 Å².